The van der Waals surface area contributed by atoms with E-state index in [0.717, 1.165) is 0 Å². The zero-order valence-electron chi connectivity index (χ0n) is 11.1. The van der Waals surface area contributed by atoms with Crippen LogP contribution in [0.4, 0.5) is 0 Å². The molecule has 19 heavy (non-hydrogen) atoms. The van der Waals surface area contributed by atoms with Gasteiger partial charge in [-0.3, -0.25) is 4.79 Å². The van der Waals surface area contributed by atoms with Crippen molar-refractivity contribution in [3.05, 3.63) is 17.5 Å². The Balaban J connectivity index is 2.09. The molecule has 6 nitrogen and oxygen atoms in total. The quantitative estimate of drug-likeness (QED) is 0.828. The molecule has 0 aromatic carbocycles. The van der Waals surface area contributed by atoms with E-state index in [-0.39, 0.29) is 30.5 Å². The summed E-state index contributed by atoms with van der Waals surface area (Å²) in [6.07, 6.45) is 0.976. The van der Waals surface area contributed by atoms with Crippen molar-refractivity contribution in [1.82, 2.24) is 9.46 Å². The predicted molar refractivity (Wildman–Crippen MR) is 68.8 cm³/mol. The first-order chi connectivity index (χ1) is 8.92. The first-order valence-electron chi connectivity index (χ1n) is 6.35. The van der Waals surface area contributed by atoms with Gasteiger partial charge in [-0.05, 0) is 13.3 Å². The van der Waals surface area contributed by atoms with E-state index in [4.69, 9.17) is 4.52 Å². The van der Waals surface area contributed by atoms with Crippen LogP contribution in [0.15, 0.2) is 10.6 Å². The second-order valence-electron chi connectivity index (χ2n) is 4.86. The van der Waals surface area contributed by atoms with Crippen molar-refractivity contribution in [3.63, 3.8) is 0 Å². The number of hydrogen-bond acceptors (Lipinski definition) is 5. The fraction of sp³-hybridized carbons (Fsp3) is 0.667. The van der Waals surface area contributed by atoms with Gasteiger partial charge in [0, 0.05) is 31.5 Å². The molecule has 0 N–H and O–H groups in total. The molecule has 0 saturated carbocycles. The number of sulfonamides is 1. The summed E-state index contributed by atoms with van der Waals surface area (Å²) in [7, 11) is -3.43. The number of aryl methyl sites for hydroxylation is 1. The SMILES string of the molecule is CCC1CN(S(=O)(=O)Cc2cc(C)on2)CCC1=O. The van der Waals surface area contributed by atoms with Crippen molar-refractivity contribution in [2.75, 3.05) is 13.1 Å². The molecule has 1 saturated heterocycles. The van der Waals surface area contributed by atoms with Crippen LogP contribution in [0, 0.1) is 12.8 Å². The third kappa shape index (κ3) is 3.22. The number of hydrogen-bond donors (Lipinski definition) is 0. The molecule has 1 aliphatic rings. The predicted octanol–water partition coefficient (Wildman–Crippen LogP) is 1.11. The lowest BCUT2D eigenvalue weighted by Crippen LogP contribution is -2.44. The molecule has 0 aliphatic carbocycles. The summed E-state index contributed by atoms with van der Waals surface area (Å²) < 4.78 is 30.8. The van der Waals surface area contributed by atoms with Crippen LogP contribution in [0.3, 0.4) is 0 Å². The number of nitrogens with zero attached hydrogens (tertiary/aromatic N) is 2. The van der Waals surface area contributed by atoms with Crippen LogP contribution in [-0.2, 0) is 20.6 Å². The van der Waals surface area contributed by atoms with E-state index in [1.165, 1.54) is 4.31 Å². The van der Waals surface area contributed by atoms with Crippen molar-refractivity contribution in [3.8, 4) is 0 Å². The highest BCUT2D eigenvalue weighted by molar-refractivity contribution is 7.88. The monoisotopic (exact) mass is 286 g/mol. The molecule has 2 rings (SSSR count). The van der Waals surface area contributed by atoms with Crippen LogP contribution in [-0.4, -0.2) is 36.8 Å². The van der Waals surface area contributed by atoms with Gasteiger partial charge < -0.3 is 4.52 Å². The molecule has 1 aliphatic heterocycles. The molecule has 2 heterocycles. The number of ketones is 1. The molecular formula is C12H18N2O4S. The van der Waals surface area contributed by atoms with Crippen molar-refractivity contribution >= 4 is 15.8 Å². The Bertz CT molecular complexity index is 564. The Morgan fingerprint density at radius 2 is 2.26 bits per heavy atom. The van der Waals surface area contributed by atoms with E-state index in [9.17, 15) is 13.2 Å². The van der Waals surface area contributed by atoms with Crippen molar-refractivity contribution in [2.24, 2.45) is 5.92 Å². The van der Waals surface area contributed by atoms with Crippen LogP contribution in [0.1, 0.15) is 31.2 Å². The van der Waals surface area contributed by atoms with E-state index in [1.807, 2.05) is 6.92 Å². The number of Topliss-reactive ketones (excluding diaryl/α,β-unsaturated/α-hetero) is 1. The highest BCUT2D eigenvalue weighted by Crippen LogP contribution is 2.21. The zero-order chi connectivity index (χ0) is 14.0. The highest BCUT2D eigenvalue weighted by atomic mass is 32.2. The van der Waals surface area contributed by atoms with Gasteiger partial charge in [-0.1, -0.05) is 12.1 Å². The molecular weight excluding hydrogens is 268 g/mol. The lowest BCUT2D eigenvalue weighted by atomic mass is 9.96. The topological polar surface area (TPSA) is 80.5 Å². The highest BCUT2D eigenvalue weighted by Gasteiger charge is 2.33. The van der Waals surface area contributed by atoms with Crippen LogP contribution in [0.5, 0.6) is 0 Å². The minimum atomic E-state index is -3.43. The minimum absolute atomic E-state index is 0.159. The van der Waals surface area contributed by atoms with Gasteiger partial charge in [0.1, 0.15) is 23.0 Å². The summed E-state index contributed by atoms with van der Waals surface area (Å²) in [6, 6.07) is 1.62. The Labute approximate surface area is 112 Å². The second kappa shape index (κ2) is 5.42. The zero-order valence-corrected chi connectivity index (χ0v) is 11.9. The summed E-state index contributed by atoms with van der Waals surface area (Å²) in [5.74, 6) is 0.397. The van der Waals surface area contributed by atoms with Crippen molar-refractivity contribution in [2.45, 2.75) is 32.4 Å². The smallest absolute Gasteiger partial charge is 0.220 e. The summed E-state index contributed by atoms with van der Waals surface area (Å²) >= 11 is 0. The molecule has 0 amide bonds. The van der Waals surface area contributed by atoms with Gasteiger partial charge in [0.05, 0.1) is 0 Å². The average molecular weight is 286 g/mol. The number of piperidine rings is 1. The summed E-state index contributed by atoms with van der Waals surface area (Å²) in [6.45, 7) is 4.18. The maximum Gasteiger partial charge on any atom is 0.220 e. The standard InChI is InChI=1S/C12H18N2O4S/c1-3-10-7-14(5-4-12(10)15)19(16,17)8-11-6-9(2)18-13-11/h6,10H,3-5,7-8H2,1-2H3. The first-order valence-corrected chi connectivity index (χ1v) is 7.96. The fourth-order valence-corrected chi connectivity index (χ4v) is 3.72. The van der Waals surface area contributed by atoms with E-state index in [0.29, 0.717) is 24.3 Å². The molecule has 106 valence electrons. The second-order valence-corrected chi connectivity index (χ2v) is 6.83. The van der Waals surface area contributed by atoms with E-state index >= 15 is 0 Å². The maximum absolute atomic E-state index is 12.3. The normalized spacial score (nSPS) is 21.8. The Kier molecular flexibility index (Phi) is 4.05. The van der Waals surface area contributed by atoms with E-state index in [2.05, 4.69) is 5.16 Å². The molecule has 7 heteroatoms. The number of carbonyl (C=O) groups is 1. The van der Waals surface area contributed by atoms with Crippen LogP contribution in [0.25, 0.3) is 0 Å². The number of carbonyl (C=O) groups excluding carboxylic acids is 1. The van der Waals surface area contributed by atoms with E-state index < -0.39 is 10.0 Å². The molecule has 1 unspecified atom stereocenters. The van der Waals surface area contributed by atoms with Gasteiger partial charge in [-0.2, -0.15) is 0 Å². The molecule has 1 atom stereocenters. The largest absolute Gasteiger partial charge is 0.361 e. The molecule has 0 spiro atoms. The van der Waals surface area contributed by atoms with E-state index in [1.54, 1.807) is 13.0 Å². The van der Waals surface area contributed by atoms with Crippen LogP contribution >= 0.6 is 0 Å². The van der Waals surface area contributed by atoms with Gasteiger partial charge in [0.2, 0.25) is 10.0 Å². The van der Waals surface area contributed by atoms with Crippen molar-refractivity contribution < 1.29 is 17.7 Å². The number of rotatable bonds is 4. The lowest BCUT2D eigenvalue weighted by Gasteiger charge is -2.30. The van der Waals surface area contributed by atoms with Crippen molar-refractivity contribution in [1.29, 1.82) is 0 Å². The van der Waals surface area contributed by atoms with Gasteiger partial charge >= 0.3 is 0 Å². The minimum Gasteiger partial charge on any atom is -0.361 e. The Hall–Kier alpha value is -1.21. The molecule has 1 aromatic rings. The molecule has 1 aromatic heterocycles. The summed E-state index contributed by atoms with van der Waals surface area (Å²) in [5, 5.41) is 3.70. The van der Waals surface area contributed by atoms with Gasteiger partial charge in [0.15, 0.2) is 0 Å². The first kappa shape index (κ1) is 14.2. The van der Waals surface area contributed by atoms with Gasteiger partial charge in [-0.15, -0.1) is 0 Å². The molecule has 0 bridgehead atoms. The fourth-order valence-electron chi connectivity index (χ4n) is 2.25. The maximum atomic E-state index is 12.3. The van der Waals surface area contributed by atoms with Crippen LogP contribution in [0.2, 0.25) is 0 Å². The Morgan fingerprint density at radius 1 is 1.53 bits per heavy atom. The third-order valence-corrected chi connectivity index (χ3v) is 5.16. The van der Waals surface area contributed by atoms with Gasteiger partial charge in [0.25, 0.3) is 0 Å². The Morgan fingerprint density at radius 3 is 2.84 bits per heavy atom. The average Bonchev–Trinajstić information content (AvgIpc) is 2.74. The molecule has 1 fully saturated rings. The molecule has 0 radical (unpaired) electrons. The number of aromatic nitrogens is 1. The summed E-state index contributed by atoms with van der Waals surface area (Å²) in [4.78, 5) is 11.6. The third-order valence-electron chi connectivity index (χ3n) is 3.38. The van der Waals surface area contributed by atoms with Crippen LogP contribution < -0.4 is 0 Å². The summed E-state index contributed by atoms with van der Waals surface area (Å²) in [5.41, 5.74) is 0.405. The lowest BCUT2D eigenvalue weighted by molar-refractivity contribution is -0.125. The van der Waals surface area contributed by atoms with Gasteiger partial charge in [-0.25, -0.2) is 12.7 Å².